The van der Waals surface area contributed by atoms with Gasteiger partial charge >= 0.3 is 0 Å². The van der Waals surface area contributed by atoms with E-state index in [1.54, 1.807) is 12.4 Å². The zero-order valence-electron chi connectivity index (χ0n) is 13.0. The van der Waals surface area contributed by atoms with E-state index in [1.807, 2.05) is 35.2 Å². The van der Waals surface area contributed by atoms with E-state index < -0.39 is 0 Å². The van der Waals surface area contributed by atoms with E-state index in [9.17, 15) is 4.79 Å². The fourth-order valence-electron chi connectivity index (χ4n) is 2.84. The van der Waals surface area contributed by atoms with Gasteiger partial charge in [0.15, 0.2) is 0 Å². The maximum atomic E-state index is 12.3. The van der Waals surface area contributed by atoms with Crippen molar-refractivity contribution in [1.29, 1.82) is 0 Å². The zero-order valence-corrected chi connectivity index (χ0v) is 13.7. The molecule has 0 saturated carbocycles. The Labute approximate surface area is 141 Å². The SMILES string of the molecule is O=C(Cc1ccncc1)N1CCN(Cc2cccc(Cl)c2)CC1. The lowest BCUT2D eigenvalue weighted by atomic mass is 10.1. The third-order valence-electron chi connectivity index (χ3n) is 4.12. The van der Waals surface area contributed by atoms with Crippen LogP contribution in [0.1, 0.15) is 11.1 Å². The van der Waals surface area contributed by atoms with Gasteiger partial charge in [0.05, 0.1) is 6.42 Å². The summed E-state index contributed by atoms with van der Waals surface area (Å²) in [4.78, 5) is 20.6. The third-order valence-corrected chi connectivity index (χ3v) is 4.36. The summed E-state index contributed by atoms with van der Waals surface area (Å²) in [7, 11) is 0. The van der Waals surface area contributed by atoms with Crippen molar-refractivity contribution in [3.05, 3.63) is 64.9 Å². The Morgan fingerprint density at radius 1 is 1.04 bits per heavy atom. The van der Waals surface area contributed by atoms with Gasteiger partial charge < -0.3 is 4.90 Å². The standard InChI is InChI=1S/C18H20ClN3O/c19-17-3-1-2-16(12-17)14-21-8-10-22(11-9-21)18(23)13-15-4-6-20-7-5-15/h1-7,12H,8-11,13-14H2. The highest BCUT2D eigenvalue weighted by atomic mass is 35.5. The molecule has 1 aliphatic heterocycles. The van der Waals surface area contributed by atoms with Crippen molar-refractivity contribution in [2.75, 3.05) is 26.2 Å². The van der Waals surface area contributed by atoms with Crippen LogP contribution in [0, 0.1) is 0 Å². The van der Waals surface area contributed by atoms with Gasteiger partial charge in [-0.3, -0.25) is 14.7 Å². The first-order chi connectivity index (χ1) is 11.2. The van der Waals surface area contributed by atoms with Crippen LogP contribution in [0.25, 0.3) is 0 Å². The van der Waals surface area contributed by atoms with Crippen molar-refractivity contribution in [2.24, 2.45) is 0 Å². The maximum Gasteiger partial charge on any atom is 0.227 e. The third kappa shape index (κ3) is 4.53. The van der Waals surface area contributed by atoms with E-state index in [-0.39, 0.29) is 5.91 Å². The molecule has 1 aromatic carbocycles. The van der Waals surface area contributed by atoms with Gasteiger partial charge in [-0.15, -0.1) is 0 Å². The van der Waals surface area contributed by atoms with Crippen LogP contribution in [0.3, 0.4) is 0 Å². The summed E-state index contributed by atoms with van der Waals surface area (Å²) in [6.45, 7) is 4.24. The summed E-state index contributed by atoms with van der Waals surface area (Å²) in [6, 6.07) is 11.8. The molecule has 1 aromatic heterocycles. The Balaban J connectivity index is 1.49. The van der Waals surface area contributed by atoms with Crippen LogP contribution in [-0.4, -0.2) is 46.9 Å². The Morgan fingerprint density at radius 3 is 2.48 bits per heavy atom. The normalized spacial score (nSPS) is 15.6. The van der Waals surface area contributed by atoms with E-state index in [4.69, 9.17) is 11.6 Å². The van der Waals surface area contributed by atoms with Crippen LogP contribution in [0.2, 0.25) is 5.02 Å². The molecule has 0 N–H and O–H groups in total. The number of benzene rings is 1. The molecule has 2 aromatic rings. The van der Waals surface area contributed by atoms with Crippen LogP contribution in [-0.2, 0) is 17.8 Å². The number of hydrogen-bond acceptors (Lipinski definition) is 3. The van der Waals surface area contributed by atoms with Gasteiger partial charge in [-0.25, -0.2) is 0 Å². The fraction of sp³-hybridized carbons (Fsp3) is 0.333. The average molecular weight is 330 g/mol. The first kappa shape index (κ1) is 16.0. The molecule has 0 atom stereocenters. The molecule has 0 spiro atoms. The van der Waals surface area contributed by atoms with Crippen molar-refractivity contribution in [2.45, 2.75) is 13.0 Å². The molecule has 2 heterocycles. The Morgan fingerprint density at radius 2 is 1.78 bits per heavy atom. The van der Waals surface area contributed by atoms with Gasteiger partial charge in [-0.2, -0.15) is 0 Å². The topological polar surface area (TPSA) is 36.4 Å². The summed E-state index contributed by atoms with van der Waals surface area (Å²) in [6.07, 6.45) is 3.91. The molecule has 5 heteroatoms. The number of piperazine rings is 1. The second kappa shape index (κ2) is 7.57. The molecule has 23 heavy (non-hydrogen) atoms. The molecule has 3 rings (SSSR count). The van der Waals surface area contributed by atoms with Crippen LogP contribution >= 0.6 is 11.6 Å². The highest BCUT2D eigenvalue weighted by Gasteiger charge is 2.21. The molecule has 120 valence electrons. The number of pyridine rings is 1. The summed E-state index contributed by atoms with van der Waals surface area (Å²) < 4.78 is 0. The van der Waals surface area contributed by atoms with Gasteiger partial charge in [-0.1, -0.05) is 23.7 Å². The molecular formula is C18H20ClN3O. The zero-order chi connectivity index (χ0) is 16.1. The maximum absolute atomic E-state index is 12.3. The smallest absolute Gasteiger partial charge is 0.227 e. The van der Waals surface area contributed by atoms with Crippen LogP contribution < -0.4 is 0 Å². The molecule has 4 nitrogen and oxygen atoms in total. The number of hydrogen-bond donors (Lipinski definition) is 0. The van der Waals surface area contributed by atoms with Crippen molar-refractivity contribution < 1.29 is 4.79 Å². The monoisotopic (exact) mass is 329 g/mol. The molecule has 0 aliphatic carbocycles. The van der Waals surface area contributed by atoms with Gasteiger partial charge in [-0.05, 0) is 35.4 Å². The predicted octanol–water partition coefficient (Wildman–Crippen LogP) is 2.62. The summed E-state index contributed by atoms with van der Waals surface area (Å²) in [5.41, 5.74) is 2.24. The largest absolute Gasteiger partial charge is 0.340 e. The lowest BCUT2D eigenvalue weighted by Crippen LogP contribution is -2.48. The summed E-state index contributed by atoms with van der Waals surface area (Å²) >= 11 is 6.03. The second-order valence-corrected chi connectivity index (χ2v) is 6.26. The minimum atomic E-state index is 0.193. The Bertz CT molecular complexity index is 654. The van der Waals surface area contributed by atoms with Crippen LogP contribution in [0.5, 0.6) is 0 Å². The molecule has 0 radical (unpaired) electrons. The second-order valence-electron chi connectivity index (χ2n) is 5.82. The van der Waals surface area contributed by atoms with Gasteiger partial charge in [0.2, 0.25) is 5.91 Å². The lowest BCUT2D eigenvalue weighted by molar-refractivity contribution is -0.132. The molecule has 0 unspecified atom stereocenters. The molecule has 0 bridgehead atoms. The first-order valence-corrected chi connectivity index (χ1v) is 8.22. The number of rotatable bonds is 4. The van der Waals surface area contributed by atoms with Crippen LogP contribution in [0.15, 0.2) is 48.8 Å². The van der Waals surface area contributed by atoms with Crippen molar-refractivity contribution in [3.8, 4) is 0 Å². The van der Waals surface area contributed by atoms with E-state index >= 15 is 0 Å². The van der Waals surface area contributed by atoms with Gasteiger partial charge in [0.25, 0.3) is 0 Å². The Hall–Kier alpha value is -1.91. The number of carbonyl (C=O) groups is 1. The van der Waals surface area contributed by atoms with Crippen LogP contribution in [0.4, 0.5) is 0 Å². The summed E-state index contributed by atoms with van der Waals surface area (Å²) in [5, 5.41) is 0.772. The number of nitrogens with zero attached hydrogens (tertiary/aromatic N) is 3. The molecule has 1 amide bonds. The number of amides is 1. The molecule has 1 fully saturated rings. The summed E-state index contributed by atoms with van der Waals surface area (Å²) in [5.74, 6) is 0.193. The molecular weight excluding hydrogens is 310 g/mol. The quantitative estimate of drug-likeness (QED) is 0.865. The highest BCUT2D eigenvalue weighted by Crippen LogP contribution is 2.14. The van der Waals surface area contributed by atoms with E-state index in [2.05, 4.69) is 16.0 Å². The Kier molecular flexibility index (Phi) is 5.26. The van der Waals surface area contributed by atoms with Crippen molar-refractivity contribution >= 4 is 17.5 Å². The first-order valence-electron chi connectivity index (χ1n) is 7.84. The van der Waals surface area contributed by atoms with E-state index in [1.165, 1.54) is 5.56 Å². The average Bonchev–Trinajstić information content (AvgIpc) is 2.56. The van der Waals surface area contributed by atoms with E-state index in [0.717, 1.165) is 43.3 Å². The molecule has 1 aliphatic rings. The number of carbonyl (C=O) groups excluding carboxylic acids is 1. The predicted molar refractivity (Wildman–Crippen MR) is 91.3 cm³/mol. The van der Waals surface area contributed by atoms with Gasteiger partial charge in [0.1, 0.15) is 0 Å². The minimum absolute atomic E-state index is 0.193. The number of halogens is 1. The van der Waals surface area contributed by atoms with Gasteiger partial charge in [0, 0.05) is 50.1 Å². The van der Waals surface area contributed by atoms with E-state index in [0.29, 0.717) is 6.42 Å². The van der Waals surface area contributed by atoms with Crippen molar-refractivity contribution in [3.63, 3.8) is 0 Å². The number of aromatic nitrogens is 1. The lowest BCUT2D eigenvalue weighted by Gasteiger charge is -2.34. The fourth-order valence-corrected chi connectivity index (χ4v) is 3.05. The molecule has 1 saturated heterocycles. The highest BCUT2D eigenvalue weighted by molar-refractivity contribution is 6.30. The van der Waals surface area contributed by atoms with Crippen molar-refractivity contribution in [1.82, 2.24) is 14.8 Å². The minimum Gasteiger partial charge on any atom is -0.340 e.